The fourth-order valence-electron chi connectivity index (χ4n) is 4.10. The molecule has 1 atom stereocenters. The summed E-state index contributed by atoms with van der Waals surface area (Å²) in [5, 5.41) is 9.51. The van der Waals surface area contributed by atoms with Gasteiger partial charge in [-0.05, 0) is 56.0 Å². The molecule has 1 aromatic carbocycles. The van der Waals surface area contributed by atoms with Crippen LogP contribution in [0.25, 0.3) is 11.4 Å². The highest BCUT2D eigenvalue weighted by molar-refractivity contribution is 5.81. The Morgan fingerprint density at radius 3 is 1.97 bits per heavy atom. The molecule has 0 amide bonds. The van der Waals surface area contributed by atoms with Crippen LogP contribution in [0.4, 0.5) is 0 Å². The van der Waals surface area contributed by atoms with Gasteiger partial charge in [0.25, 0.3) is 0 Å². The monoisotopic (exact) mass is 477 g/mol. The fourth-order valence-corrected chi connectivity index (χ4v) is 4.10. The highest BCUT2D eigenvalue weighted by atomic mass is 16.5. The van der Waals surface area contributed by atoms with Gasteiger partial charge in [-0.2, -0.15) is 5.26 Å². The Morgan fingerprint density at radius 1 is 0.857 bits per heavy atom. The summed E-state index contributed by atoms with van der Waals surface area (Å²) in [6.45, 7) is 6.01. The van der Waals surface area contributed by atoms with E-state index in [0.717, 1.165) is 31.2 Å². The van der Waals surface area contributed by atoms with E-state index < -0.39 is 11.4 Å². The quantitative estimate of drug-likeness (QED) is 0.130. The molecule has 0 saturated heterocycles. The Labute approximate surface area is 212 Å². The number of unbranched alkanes of at least 4 members (excludes halogenated alkanes) is 10. The first-order valence-corrected chi connectivity index (χ1v) is 13.6. The van der Waals surface area contributed by atoms with Gasteiger partial charge in [-0.25, -0.2) is 14.8 Å². The maximum Gasteiger partial charge on any atom is 0.331 e. The van der Waals surface area contributed by atoms with Crippen molar-refractivity contribution in [3.05, 3.63) is 42.2 Å². The summed E-state index contributed by atoms with van der Waals surface area (Å²) in [4.78, 5) is 21.6. The summed E-state index contributed by atoms with van der Waals surface area (Å²) in [5.74, 6) is 0.582. The van der Waals surface area contributed by atoms with Crippen LogP contribution in [-0.4, -0.2) is 15.9 Å². The smallest absolute Gasteiger partial charge is 0.331 e. The minimum Gasteiger partial charge on any atom is -0.425 e. The lowest BCUT2D eigenvalue weighted by atomic mass is 9.86. The molecule has 2 rings (SSSR count). The Hall–Kier alpha value is -2.74. The molecule has 190 valence electrons. The molecule has 0 aliphatic heterocycles. The molecule has 35 heavy (non-hydrogen) atoms. The number of nitriles is 1. The van der Waals surface area contributed by atoms with Crippen LogP contribution >= 0.6 is 0 Å². The summed E-state index contributed by atoms with van der Waals surface area (Å²) >= 11 is 0. The molecule has 5 nitrogen and oxygen atoms in total. The molecule has 0 saturated carbocycles. The van der Waals surface area contributed by atoms with Crippen molar-refractivity contribution >= 4 is 5.97 Å². The van der Waals surface area contributed by atoms with E-state index in [4.69, 9.17) is 4.74 Å². The zero-order valence-electron chi connectivity index (χ0n) is 22.0. The van der Waals surface area contributed by atoms with Crippen LogP contribution in [0.15, 0.2) is 36.7 Å². The van der Waals surface area contributed by atoms with Crippen LogP contribution in [-0.2, 0) is 11.2 Å². The molecule has 0 fully saturated rings. The van der Waals surface area contributed by atoms with Crippen molar-refractivity contribution in [3.63, 3.8) is 0 Å². The van der Waals surface area contributed by atoms with E-state index in [1.807, 2.05) is 24.5 Å². The maximum atomic E-state index is 12.6. The van der Waals surface area contributed by atoms with E-state index in [9.17, 15) is 10.1 Å². The summed E-state index contributed by atoms with van der Waals surface area (Å²) in [7, 11) is 0. The van der Waals surface area contributed by atoms with Gasteiger partial charge in [-0.15, -0.1) is 0 Å². The number of nitrogens with zero attached hydrogens (tertiary/aromatic N) is 3. The summed E-state index contributed by atoms with van der Waals surface area (Å²) in [6.07, 6.45) is 20.1. The van der Waals surface area contributed by atoms with Gasteiger partial charge in [-0.3, -0.25) is 0 Å². The van der Waals surface area contributed by atoms with Crippen molar-refractivity contribution < 1.29 is 9.53 Å². The molecule has 1 unspecified atom stereocenters. The Morgan fingerprint density at radius 2 is 1.40 bits per heavy atom. The highest BCUT2D eigenvalue weighted by Gasteiger charge is 2.35. The largest absolute Gasteiger partial charge is 0.425 e. The number of hydrogen-bond acceptors (Lipinski definition) is 5. The molecular formula is C30H43N3O2. The lowest BCUT2D eigenvalue weighted by Gasteiger charge is -2.19. The molecule has 0 aliphatic rings. The van der Waals surface area contributed by atoms with E-state index in [2.05, 4.69) is 29.9 Å². The van der Waals surface area contributed by atoms with Crippen LogP contribution in [0.2, 0.25) is 0 Å². The average Bonchev–Trinajstić information content (AvgIpc) is 2.88. The third kappa shape index (κ3) is 10.2. The molecular weight excluding hydrogens is 434 g/mol. The summed E-state index contributed by atoms with van der Waals surface area (Å²) in [6, 6.07) is 9.30. The number of carbonyl (C=O) groups is 1. The van der Waals surface area contributed by atoms with E-state index in [1.54, 1.807) is 19.1 Å². The van der Waals surface area contributed by atoms with Crippen LogP contribution in [0, 0.1) is 16.7 Å². The third-order valence-electron chi connectivity index (χ3n) is 6.57. The van der Waals surface area contributed by atoms with Crippen molar-refractivity contribution in [1.29, 1.82) is 5.26 Å². The first-order chi connectivity index (χ1) is 17.0. The van der Waals surface area contributed by atoms with Crippen molar-refractivity contribution in [2.24, 2.45) is 5.41 Å². The van der Waals surface area contributed by atoms with Gasteiger partial charge in [0.2, 0.25) is 0 Å². The van der Waals surface area contributed by atoms with Crippen molar-refractivity contribution in [3.8, 4) is 23.2 Å². The van der Waals surface area contributed by atoms with Crippen molar-refractivity contribution in [1.82, 2.24) is 9.97 Å². The topological polar surface area (TPSA) is 75.9 Å². The number of aryl methyl sites for hydroxylation is 1. The van der Waals surface area contributed by atoms with Gasteiger partial charge in [0, 0.05) is 18.0 Å². The Kier molecular flexibility index (Phi) is 13.0. The number of hydrogen-bond donors (Lipinski definition) is 0. The number of esters is 1. The van der Waals surface area contributed by atoms with Gasteiger partial charge in [-0.1, -0.05) is 84.5 Å². The second kappa shape index (κ2) is 16.0. The van der Waals surface area contributed by atoms with Crippen molar-refractivity contribution in [2.75, 3.05) is 0 Å². The third-order valence-corrected chi connectivity index (χ3v) is 6.57. The molecule has 2 aromatic rings. The van der Waals surface area contributed by atoms with E-state index >= 15 is 0 Å². The Balaban J connectivity index is 1.78. The lowest BCUT2D eigenvalue weighted by molar-refractivity contribution is -0.142. The summed E-state index contributed by atoms with van der Waals surface area (Å²) in [5.41, 5.74) is 0.910. The zero-order valence-corrected chi connectivity index (χ0v) is 22.0. The molecule has 0 bridgehead atoms. The van der Waals surface area contributed by atoms with Crippen LogP contribution < -0.4 is 4.74 Å². The molecule has 1 heterocycles. The molecule has 0 radical (unpaired) electrons. The van der Waals surface area contributed by atoms with Crippen molar-refractivity contribution in [2.45, 2.75) is 111 Å². The SMILES string of the molecule is CCCCCCCCCCCc1cnc(-c2ccc(OC(=O)C(C)(C#N)CCCCC)cc2)nc1. The van der Waals surface area contributed by atoms with E-state index in [0.29, 0.717) is 18.0 Å². The zero-order chi connectivity index (χ0) is 25.4. The minimum absolute atomic E-state index is 0.428. The number of benzene rings is 1. The lowest BCUT2D eigenvalue weighted by Crippen LogP contribution is -2.30. The van der Waals surface area contributed by atoms with Gasteiger partial charge in [0.1, 0.15) is 5.75 Å². The number of ether oxygens (including phenoxy) is 1. The van der Waals surface area contributed by atoms with Gasteiger partial charge >= 0.3 is 5.97 Å². The molecule has 1 aromatic heterocycles. The standard InChI is InChI=1S/C30H43N3O2/c1-4-6-8-9-10-11-12-13-14-16-25-22-32-28(33-23-25)26-17-19-27(20-18-26)35-29(34)30(3,24-31)21-15-7-5-2/h17-20,22-23H,4-16,21H2,1-3H3. The van der Waals surface area contributed by atoms with Gasteiger partial charge in [0.15, 0.2) is 11.2 Å². The maximum absolute atomic E-state index is 12.6. The average molecular weight is 478 g/mol. The van der Waals surface area contributed by atoms with Crippen LogP contribution in [0.1, 0.15) is 110 Å². The second-order valence-electron chi connectivity index (χ2n) is 9.81. The molecule has 0 spiro atoms. The number of rotatable bonds is 17. The molecule has 0 N–H and O–H groups in total. The van der Waals surface area contributed by atoms with Crippen LogP contribution in [0.5, 0.6) is 5.75 Å². The minimum atomic E-state index is -1.12. The second-order valence-corrected chi connectivity index (χ2v) is 9.81. The predicted octanol–water partition coefficient (Wildman–Crippen LogP) is 8.23. The first-order valence-electron chi connectivity index (χ1n) is 13.6. The molecule has 0 aliphatic carbocycles. The van der Waals surface area contributed by atoms with Gasteiger partial charge < -0.3 is 4.74 Å². The Bertz CT molecular complexity index is 903. The van der Waals surface area contributed by atoms with Gasteiger partial charge in [0.05, 0.1) is 6.07 Å². The predicted molar refractivity (Wildman–Crippen MR) is 142 cm³/mol. The fraction of sp³-hybridized carbons (Fsp3) is 0.600. The summed E-state index contributed by atoms with van der Waals surface area (Å²) < 4.78 is 5.51. The normalized spacial score (nSPS) is 12.6. The molecule has 5 heteroatoms. The van der Waals surface area contributed by atoms with E-state index in [-0.39, 0.29) is 0 Å². The highest BCUT2D eigenvalue weighted by Crippen LogP contribution is 2.27. The first kappa shape index (κ1) is 28.5. The van der Waals surface area contributed by atoms with Crippen LogP contribution in [0.3, 0.4) is 0 Å². The number of aromatic nitrogens is 2. The number of carbonyl (C=O) groups excluding carboxylic acids is 1. The van der Waals surface area contributed by atoms with E-state index in [1.165, 1.54) is 63.4 Å².